The van der Waals surface area contributed by atoms with E-state index >= 15 is 0 Å². The van der Waals surface area contributed by atoms with E-state index in [-0.39, 0.29) is 5.91 Å². The zero-order chi connectivity index (χ0) is 21.6. The van der Waals surface area contributed by atoms with E-state index in [4.69, 9.17) is 11.6 Å². The average molecular weight is 433 g/mol. The highest BCUT2D eigenvalue weighted by Gasteiger charge is 2.53. The Morgan fingerprint density at radius 3 is 2.23 bits per heavy atom. The van der Waals surface area contributed by atoms with Crippen LogP contribution in [0.5, 0.6) is 0 Å². The molecule has 3 aromatic carbocycles. The molecule has 0 aromatic heterocycles. The van der Waals surface area contributed by atoms with Gasteiger partial charge in [-0.25, -0.2) is 0 Å². The maximum Gasteiger partial charge on any atom is 0.264 e. The number of halogens is 1. The second-order valence-electron chi connectivity index (χ2n) is 7.95. The van der Waals surface area contributed by atoms with Gasteiger partial charge in [-0.05, 0) is 35.2 Å². The Morgan fingerprint density at radius 1 is 1.00 bits per heavy atom. The molecule has 1 atom stereocenters. The quantitative estimate of drug-likeness (QED) is 0.663. The van der Waals surface area contributed by atoms with Gasteiger partial charge < -0.3 is 15.3 Å². The number of benzene rings is 3. The fraction of sp³-hybridized carbons (Fsp3) is 0.200. The van der Waals surface area contributed by atoms with E-state index in [1.807, 2.05) is 48.5 Å². The summed E-state index contributed by atoms with van der Waals surface area (Å²) < 4.78 is 0. The predicted molar refractivity (Wildman–Crippen MR) is 118 cm³/mol. The van der Waals surface area contributed by atoms with Crippen molar-refractivity contribution < 1.29 is 14.7 Å². The van der Waals surface area contributed by atoms with E-state index in [0.29, 0.717) is 35.7 Å². The van der Waals surface area contributed by atoms with Crippen LogP contribution in [0, 0.1) is 0 Å². The van der Waals surface area contributed by atoms with Crippen molar-refractivity contribution in [2.75, 3.05) is 6.54 Å². The lowest BCUT2D eigenvalue weighted by molar-refractivity contribution is -0.160. The third-order valence-corrected chi connectivity index (χ3v) is 6.41. The van der Waals surface area contributed by atoms with Crippen molar-refractivity contribution in [2.45, 2.75) is 24.6 Å². The zero-order valence-corrected chi connectivity index (χ0v) is 17.5. The van der Waals surface area contributed by atoms with Gasteiger partial charge in [-0.3, -0.25) is 9.59 Å². The summed E-state index contributed by atoms with van der Waals surface area (Å²) >= 11 is 6.00. The first-order chi connectivity index (χ1) is 15.0. The van der Waals surface area contributed by atoms with Crippen LogP contribution in [0.25, 0.3) is 11.1 Å². The molecular weight excluding hydrogens is 412 g/mol. The summed E-state index contributed by atoms with van der Waals surface area (Å²) in [6.45, 7) is 0.759. The number of rotatable bonds is 4. The molecule has 3 aromatic rings. The normalized spacial score (nSPS) is 18.0. The minimum absolute atomic E-state index is 0.234. The fourth-order valence-electron chi connectivity index (χ4n) is 4.51. The van der Waals surface area contributed by atoms with E-state index in [2.05, 4.69) is 5.32 Å². The maximum atomic E-state index is 13.6. The van der Waals surface area contributed by atoms with Crippen LogP contribution >= 0.6 is 11.6 Å². The van der Waals surface area contributed by atoms with Crippen LogP contribution in [-0.4, -0.2) is 34.4 Å². The molecule has 1 saturated heterocycles. The Hall–Kier alpha value is -3.15. The molecule has 1 aliphatic carbocycles. The van der Waals surface area contributed by atoms with Gasteiger partial charge in [0.15, 0.2) is 5.60 Å². The van der Waals surface area contributed by atoms with Crippen molar-refractivity contribution in [1.82, 2.24) is 10.2 Å². The number of carbonyl (C=O) groups excluding carboxylic acids is 2. The fourth-order valence-corrected chi connectivity index (χ4v) is 4.72. The molecule has 5 rings (SSSR count). The monoisotopic (exact) mass is 432 g/mol. The minimum atomic E-state index is -1.79. The molecule has 2 amide bonds. The van der Waals surface area contributed by atoms with E-state index < -0.39 is 17.6 Å². The first kappa shape index (κ1) is 19.8. The average Bonchev–Trinajstić information content (AvgIpc) is 3.02. The van der Waals surface area contributed by atoms with Gasteiger partial charge in [0.25, 0.3) is 5.91 Å². The second-order valence-corrected chi connectivity index (χ2v) is 8.39. The Balaban J connectivity index is 1.38. The first-order valence-electron chi connectivity index (χ1n) is 10.2. The molecular formula is C25H21ClN2O3. The van der Waals surface area contributed by atoms with Crippen LogP contribution in [0.2, 0.25) is 5.02 Å². The number of nitrogens with one attached hydrogen (secondary N) is 1. The van der Waals surface area contributed by atoms with Gasteiger partial charge >= 0.3 is 0 Å². The van der Waals surface area contributed by atoms with Crippen LogP contribution in [0.4, 0.5) is 0 Å². The van der Waals surface area contributed by atoms with Gasteiger partial charge in [-0.1, -0.05) is 72.3 Å². The summed E-state index contributed by atoms with van der Waals surface area (Å²) in [7, 11) is 0. The van der Waals surface area contributed by atoms with E-state index in [1.54, 1.807) is 24.3 Å². The molecule has 1 fully saturated rings. The molecule has 1 heterocycles. The standard InChI is InChI=1S/C25H21ClN2O3/c26-17-7-5-6-16(14-17)15-27-23(29)22-12-13-28(22)24(30)25(31)20-10-3-1-8-18(20)19-9-2-4-11-21(19)25/h1-11,14,22,31H,12-13,15H2,(H,27,29)/t22-/m0/s1. The van der Waals surface area contributed by atoms with Crippen molar-refractivity contribution >= 4 is 23.4 Å². The van der Waals surface area contributed by atoms with Crippen LogP contribution in [-0.2, 0) is 21.7 Å². The molecule has 156 valence electrons. The highest BCUT2D eigenvalue weighted by molar-refractivity contribution is 6.30. The maximum absolute atomic E-state index is 13.6. The summed E-state index contributed by atoms with van der Waals surface area (Å²) in [5.74, 6) is -0.693. The summed E-state index contributed by atoms with van der Waals surface area (Å²) in [5.41, 5.74) is 1.90. The highest BCUT2D eigenvalue weighted by atomic mass is 35.5. The number of hydrogen-bond acceptors (Lipinski definition) is 3. The summed E-state index contributed by atoms with van der Waals surface area (Å²) in [6.07, 6.45) is 0.562. The number of amides is 2. The second kappa shape index (κ2) is 7.52. The lowest BCUT2D eigenvalue weighted by Crippen LogP contribution is -2.62. The summed E-state index contributed by atoms with van der Waals surface area (Å²) in [4.78, 5) is 27.9. The van der Waals surface area contributed by atoms with Gasteiger partial charge in [-0.15, -0.1) is 0 Å². The molecule has 2 aliphatic rings. The Kier molecular flexibility index (Phi) is 4.80. The third-order valence-electron chi connectivity index (χ3n) is 6.17. The van der Waals surface area contributed by atoms with Crippen molar-refractivity contribution in [3.8, 4) is 11.1 Å². The predicted octanol–water partition coefficient (Wildman–Crippen LogP) is 3.47. The first-order valence-corrected chi connectivity index (χ1v) is 10.6. The SMILES string of the molecule is O=C(NCc1cccc(Cl)c1)[C@@H]1CCN1C(=O)C1(O)c2ccccc2-c2ccccc21. The topological polar surface area (TPSA) is 69.6 Å². The lowest BCUT2D eigenvalue weighted by atomic mass is 9.87. The van der Waals surface area contributed by atoms with Crippen LogP contribution in [0.1, 0.15) is 23.1 Å². The minimum Gasteiger partial charge on any atom is -0.372 e. The molecule has 0 unspecified atom stereocenters. The number of hydrogen-bond donors (Lipinski definition) is 2. The van der Waals surface area contributed by atoms with Gasteiger partial charge in [0.1, 0.15) is 6.04 Å². The van der Waals surface area contributed by atoms with E-state index in [0.717, 1.165) is 16.7 Å². The van der Waals surface area contributed by atoms with Crippen molar-refractivity contribution in [3.05, 3.63) is 94.5 Å². The van der Waals surface area contributed by atoms with E-state index in [9.17, 15) is 14.7 Å². The summed E-state index contributed by atoms with van der Waals surface area (Å²) in [5, 5.41) is 15.2. The van der Waals surface area contributed by atoms with Crippen LogP contribution < -0.4 is 5.32 Å². The molecule has 0 saturated carbocycles. The molecule has 5 nitrogen and oxygen atoms in total. The Morgan fingerprint density at radius 2 is 1.65 bits per heavy atom. The van der Waals surface area contributed by atoms with Crippen molar-refractivity contribution in [1.29, 1.82) is 0 Å². The zero-order valence-electron chi connectivity index (χ0n) is 16.7. The molecule has 6 heteroatoms. The molecule has 0 bridgehead atoms. The van der Waals surface area contributed by atoms with Crippen LogP contribution in [0.15, 0.2) is 72.8 Å². The van der Waals surface area contributed by atoms with Gasteiger partial charge in [0.2, 0.25) is 5.91 Å². The lowest BCUT2D eigenvalue weighted by Gasteiger charge is -2.43. The number of likely N-dealkylation sites (tertiary alicyclic amines) is 1. The smallest absolute Gasteiger partial charge is 0.264 e. The van der Waals surface area contributed by atoms with Gasteiger partial charge in [0.05, 0.1) is 0 Å². The number of fused-ring (bicyclic) bond motifs is 3. The van der Waals surface area contributed by atoms with E-state index in [1.165, 1.54) is 4.90 Å². The molecule has 0 spiro atoms. The number of aliphatic hydroxyl groups is 1. The molecule has 0 radical (unpaired) electrons. The number of nitrogens with zero attached hydrogens (tertiary/aromatic N) is 1. The van der Waals surface area contributed by atoms with Crippen molar-refractivity contribution in [2.24, 2.45) is 0 Å². The molecule has 31 heavy (non-hydrogen) atoms. The van der Waals surface area contributed by atoms with Crippen LogP contribution in [0.3, 0.4) is 0 Å². The Labute approximate surface area is 185 Å². The van der Waals surface area contributed by atoms with Gasteiger partial charge in [-0.2, -0.15) is 0 Å². The van der Waals surface area contributed by atoms with Gasteiger partial charge in [0, 0.05) is 29.2 Å². The number of carbonyl (C=O) groups is 2. The van der Waals surface area contributed by atoms with Crippen molar-refractivity contribution in [3.63, 3.8) is 0 Å². The Bertz CT molecular complexity index is 1150. The highest BCUT2D eigenvalue weighted by Crippen LogP contribution is 2.48. The third kappa shape index (κ3) is 3.12. The largest absolute Gasteiger partial charge is 0.372 e. The molecule has 2 N–H and O–H groups in total. The molecule has 1 aliphatic heterocycles. The summed E-state index contributed by atoms with van der Waals surface area (Å²) in [6, 6.07) is 21.5.